The molecule has 134 valence electrons. The molecule has 0 aliphatic carbocycles. The van der Waals surface area contributed by atoms with Crippen molar-refractivity contribution in [3.8, 4) is 0 Å². The molecule has 2 amide bonds. The maximum absolute atomic E-state index is 12.9. The number of likely N-dealkylation sites (tertiary alicyclic amines) is 1. The third-order valence-corrected chi connectivity index (χ3v) is 4.78. The molecule has 1 saturated heterocycles. The monoisotopic (exact) mass is 373 g/mol. The van der Waals surface area contributed by atoms with E-state index >= 15 is 0 Å². The molecule has 0 aromatic carbocycles. The summed E-state index contributed by atoms with van der Waals surface area (Å²) in [5, 5.41) is 8.94. The summed E-state index contributed by atoms with van der Waals surface area (Å²) in [6.07, 6.45) is 7.78. The van der Waals surface area contributed by atoms with Gasteiger partial charge in [0, 0.05) is 25.5 Å². The molecule has 1 aliphatic heterocycles. The number of carbonyl (C=O) groups is 2. The zero-order chi connectivity index (χ0) is 18.3. The van der Waals surface area contributed by atoms with E-state index in [1.165, 1.54) is 16.9 Å². The normalized spacial score (nSPS) is 15.5. The number of piperidine rings is 1. The zero-order valence-corrected chi connectivity index (χ0v) is 14.5. The topological polar surface area (TPSA) is 111 Å². The molecule has 0 atom stereocenters. The summed E-state index contributed by atoms with van der Waals surface area (Å²) >= 11 is 5.92. The first-order valence-corrected chi connectivity index (χ1v) is 8.54. The van der Waals surface area contributed by atoms with Crippen LogP contribution in [0.4, 0.5) is 0 Å². The van der Waals surface area contributed by atoms with E-state index < -0.39 is 5.91 Å². The minimum atomic E-state index is -0.629. The molecule has 4 rings (SSSR count). The molecule has 1 fully saturated rings. The highest BCUT2D eigenvalue weighted by molar-refractivity contribution is 6.30. The molecule has 0 bridgehead atoms. The molecule has 0 radical (unpaired) electrons. The van der Waals surface area contributed by atoms with Crippen LogP contribution in [-0.4, -0.2) is 54.2 Å². The molecule has 0 saturated carbocycles. The number of halogens is 1. The third kappa shape index (κ3) is 2.80. The van der Waals surface area contributed by atoms with Crippen LogP contribution in [0.2, 0.25) is 5.02 Å². The van der Waals surface area contributed by atoms with Crippen molar-refractivity contribution in [3.63, 3.8) is 0 Å². The summed E-state index contributed by atoms with van der Waals surface area (Å²) in [6, 6.07) is 1.81. The molecule has 3 aromatic rings. The summed E-state index contributed by atoms with van der Waals surface area (Å²) in [6.45, 7) is 1.18. The number of amides is 2. The van der Waals surface area contributed by atoms with E-state index in [0.717, 1.165) is 12.8 Å². The Morgan fingerprint density at radius 3 is 2.62 bits per heavy atom. The predicted octanol–water partition coefficient (Wildman–Crippen LogP) is 1.16. The first kappa shape index (κ1) is 16.5. The first-order chi connectivity index (χ1) is 12.5. The molecule has 2 N–H and O–H groups in total. The van der Waals surface area contributed by atoms with Gasteiger partial charge in [0.15, 0.2) is 5.65 Å². The van der Waals surface area contributed by atoms with Crippen molar-refractivity contribution in [1.82, 2.24) is 29.3 Å². The SMILES string of the molecule is NC(=O)c1cnn2c(C(=O)N3CCC(n4cc(Cl)cn4)CC3)ccnc12. The van der Waals surface area contributed by atoms with E-state index in [4.69, 9.17) is 17.3 Å². The molecule has 1 aliphatic rings. The van der Waals surface area contributed by atoms with Crippen LogP contribution in [-0.2, 0) is 0 Å². The molecule has 9 nitrogen and oxygen atoms in total. The van der Waals surface area contributed by atoms with E-state index in [0.29, 0.717) is 23.8 Å². The van der Waals surface area contributed by atoms with Gasteiger partial charge in [-0.3, -0.25) is 14.3 Å². The number of nitrogens with two attached hydrogens (primary N) is 1. The quantitative estimate of drug-likeness (QED) is 0.740. The molecule has 10 heteroatoms. The summed E-state index contributed by atoms with van der Waals surface area (Å²) in [7, 11) is 0. The fourth-order valence-electron chi connectivity index (χ4n) is 3.24. The number of hydrogen-bond donors (Lipinski definition) is 1. The molecule has 3 aromatic heterocycles. The van der Waals surface area contributed by atoms with Crippen molar-refractivity contribution in [2.45, 2.75) is 18.9 Å². The van der Waals surface area contributed by atoms with Crippen LogP contribution in [0.15, 0.2) is 30.9 Å². The van der Waals surface area contributed by atoms with Crippen LogP contribution >= 0.6 is 11.6 Å². The summed E-state index contributed by atoms with van der Waals surface area (Å²) in [4.78, 5) is 30.2. The van der Waals surface area contributed by atoms with Gasteiger partial charge in [0.2, 0.25) is 0 Å². The van der Waals surface area contributed by atoms with E-state index in [9.17, 15) is 9.59 Å². The Hall–Kier alpha value is -2.94. The van der Waals surface area contributed by atoms with Gasteiger partial charge in [-0.2, -0.15) is 10.2 Å². The Kier molecular flexibility index (Phi) is 4.08. The lowest BCUT2D eigenvalue weighted by Gasteiger charge is -2.32. The minimum Gasteiger partial charge on any atom is -0.365 e. The second-order valence-corrected chi connectivity index (χ2v) is 6.59. The number of aromatic nitrogens is 5. The van der Waals surface area contributed by atoms with Crippen molar-refractivity contribution in [2.24, 2.45) is 5.73 Å². The lowest BCUT2D eigenvalue weighted by Crippen LogP contribution is -2.40. The number of nitrogens with zero attached hydrogens (tertiary/aromatic N) is 6. The highest BCUT2D eigenvalue weighted by atomic mass is 35.5. The Morgan fingerprint density at radius 2 is 1.96 bits per heavy atom. The Labute approximate surface area is 153 Å². The standard InChI is InChI=1S/C16H16ClN7O2/c17-10-7-20-23(9-10)11-2-5-22(6-3-11)16(26)13-1-4-19-15-12(14(18)25)8-21-24(13)15/h1,4,7-9,11H,2-3,5-6H2,(H2,18,25). The average molecular weight is 374 g/mol. The van der Waals surface area contributed by atoms with E-state index in [2.05, 4.69) is 15.2 Å². The van der Waals surface area contributed by atoms with Gasteiger partial charge in [-0.25, -0.2) is 9.50 Å². The van der Waals surface area contributed by atoms with Gasteiger partial charge in [0.05, 0.1) is 23.5 Å². The van der Waals surface area contributed by atoms with Gasteiger partial charge >= 0.3 is 0 Å². The van der Waals surface area contributed by atoms with Crippen LogP contribution in [0.1, 0.15) is 39.7 Å². The van der Waals surface area contributed by atoms with Crippen molar-refractivity contribution >= 4 is 29.1 Å². The smallest absolute Gasteiger partial charge is 0.272 e. The molecule has 0 spiro atoms. The van der Waals surface area contributed by atoms with Crippen molar-refractivity contribution in [2.75, 3.05) is 13.1 Å². The second-order valence-electron chi connectivity index (χ2n) is 6.15. The first-order valence-electron chi connectivity index (χ1n) is 8.16. The maximum Gasteiger partial charge on any atom is 0.272 e. The predicted molar refractivity (Wildman–Crippen MR) is 92.9 cm³/mol. The van der Waals surface area contributed by atoms with Crippen LogP contribution in [0, 0.1) is 0 Å². The summed E-state index contributed by atoms with van der Waals surface area (Å²) in [5.74, 6) is -0.788. The fraction of sp³-hybridized carbons (Fsp3) is 0.312. The molecule has 4 heterocycles. The van der Waals surface area contributed by atoms with Crippen LogP contribution in [0.25, 0.3) is 5.65 Å². The maximum atomic E-state index is 12.9. The fourth-order valence-corrected chi connectivity index (χ4v) is 3.38. The average Bonchev–Trinajstić information content (AvgIpc) is 3.27. The molecular weight excluding hydrogens is 358 g/mol. The highest BCUT2D eigenvalue weighted by Gasteiger charge is 2.27. The number of carbonyl (C=O) groups excluding carboxylic acids is 2. The van der Waals surface area contributed by atoms with Crippen LogP contribution < -0.4 is 5.73 Å². The largest absolute Gasteiger partial charge is 0.365 e. The van der Waals surface area contributed by atoms with Crippen molar-refractivity contribution < 1.29 is 9.59 Å². The molecule has 26 heavy (non-hydrogen) atoms. The third-order valence-electron chi connectivity index (χ3n) is 4.58. The number of rotatable bonds is 3. The van der Waals surface area contributed by atoms with Crippen LogP contribution in [0.5, 0.6) is 0 Å². The second kappa shape index (κ2) is 6.41. The lowest BCUT2D eigenvalue weighted by atomic mass is 10.0. The van der Waals surface area contributed by atoms with Crippen molar-refractivity contribution in [1.29, 1.82) is 0 Å². The lowest BCUT2D eigenvalue weighted by molar-refractivity contribution is 0.0680. The van der Waals surface area contributed by atoms with E-state index in [-0.39, 0.29) is 23.2 Å². The van der Waals surface area contributed by atoms with Gasteiger partial charge in [-0.05, 0) is 18.9 Å². The number of fused-ring (bicyclic) bond motifs is 1. The van der Waals surface area contributed by atoms with Crippen molar-refractivity contribution in [3.05, 3.63) is 47.1 Å². The van der Waals surface area contributed by atoms with Gasteiger partial charge < -0.3 is 10.6 Å². The Balaban J connectivity index is 1.54. The molecular formula is C16H16ClN7O2. The summed E-state index contributed by atoms with van der Waals surface area (Å²) < 4.78 is 3.21. The highest BCUT2D eigenvalue weighted by Crippen LogP contribution is 2.24. The zero-order valence-electron chi connectivity index (χ0n) is 13.7. The summed E-state index contributed by atoms with van der Waals surface area (Å²) in [5.41, 5.74) is 6.14. The Bertz CT molecular complexity index is 988. The van der Waals surface area contributed by atoms with E-state index in [1.807, 2.05) is 4.68 Å². The molecule has 0 unspecified atom stereocenters. The van der Waals surface area contributed by atoms with Gasteiger partial charge in [-0.1, -0.05) is 11.6 Å². The van der Waals surface area contributed by atoms with Gasteiger partial charge in [0.1, 0.15) is 11.3 Å². The van der Waals surface area contributed by atoms with Gasteiger partial charge in [0.25, 0.3) is 11.8 Å². The van der Waals surface area contributed by atoms with E-state index in [1.54, 1.807) is 23.4 Å². The van der Waals surface area contributed by atoms with Gasteiger partial charge in [-0.15, -0.1) is 0 Å². The van der Waals surface area contributed by atoms with Crippen LogP contribution in [0.3, 0.4) is 0 Å². The number of primary amides is 1. The minimum absolute atomic E-state index is 0.159. The number of hydrogen-bond acceptors (Lipinski definition) is 5. The Morgan fingerprint density at radius 1 is 1.19 bits per heavy atom.